The van der Waals surface area contributed by atoms with Gasteiger partial charge in [0.15, 0.2) is 0 Å². The van der Waals surface area contributed by atoms with Crippen LogP contribution in [-0.2, 0) is 6.42 Å². The van der Waals surface area contributed by atoms with Gasteiger partial charge in [-0.05, 0) is 36.1 Å². The summed E-state index contributed by atoms with van der Waals surface area (Å²) < 4.78 is 0. The molecule has 0 bridgehead atoms. The molecule has 1 saturated heterocycles. The number of likely N-dealkylation sites (tertiary alicyclic amines) is 1. The second-order valence-corrected chi connectivity index (χ2v) is 6.62. The molecule has 0 spiro atoms. The van der Waals surface area contributed by atoms with Gasteiger partial charge in [-0.3, -0.25) is 9.89 Å². The summed E-state index contributed by atoms with van der Waals surface area (Å²) in [7, 11) is 0. The Morgan fingerprint density at radius 1 is 1.12 bits per heavy atom. The Morgan fingerprint density at radius 3 is 2.64 bits per heavy atom. The predicted octanol–water partition coefficient (Wildman–Crippen LogP) is 3.35. The Bertz CT molecular complexity index is 815. The number of nitrogens with one attached hydrogen (secondary N) is 2. The van der Waals surface area contributed by atoms with E-state index in [4.69, 9.17) is 0 Å². The number of piperidine rings is 1. The first-order valence-electron chi connectivity index (χ1n) is 8.80. The number of nitrogens with zero attached hydrogens (tertiary/aromatic N) is 2. The van der Waals surface area contributed by atoms with Gasteiger partial charge in [-0.25, -0.2) is 0 Å². The molecule has 2 N–H and O–H groups in total. The van der Waals surface area contributed by atoms with E-state index in [-0.39, 0.29) is 5.91 Å². The minimum atomic E-state index is 0.0950. The zero-order valence-electron chi connectivity index (χ0n) is 14.1. The quantitative estimate of drug-likeness (QED) is 0.768. The summed E-state index contributed by atoms with van der Waals surface area (Å²) >= 11 is 0. The van der Waals surface area contributed by atoms with Crippen molar-refractivity contribution < 1.29 is 4.79 Å². The molecule has 0 radical (unpaired) electrons. The SMILES string of the molecule is O=C(c1ccc[nH]1)N1CCC(c2[nH]ncc2Cc2ccccc2)CC1. The van der Waals surface area contributed by atoms with Crippen LogP contribution in [0.3, 0.4) is 0 Å². The lowest BCUT2D eigenvalue weighted by Crippen LogP contribution is -2.38. The Hall–Kier alpha value is -2.82. The summed E-state index contributed by atoms with van der Waals surface area (Å²) in [6.45, 7) is 1.57. The van der Waals surface area contributed by atoms with Crippen molar-refractivity contribution in [2.75, 3.05) is 13.1 Å². The highest BCUT2D eigenvalue weighted by atomic mass is 16.2. The Morgan fingerprint density at radius 2 is 1.92 bits per heavy atom. The third kappa shape index (κ3) is 3.36. The van der Waals surface area contributed by atoms with E-state index in [9.17, 15) is 4.79 Å². The second-order valence-electron chi connectivity index (χ2n) is 6.62. The van der Waals surface area contributed by atoms with Gasteiger partial charge in [-0.15, -0.1) is 0 Å². The number of rotatable bonds is 4. The zero-order valence-corrected chi connectivity index (χ0v) is 14.1. The van der Waals surface area contributed by atoms with Gasteiger partial charge in [0.1, 0.15) is 5.69 Å². The number of H-pyrrole nitrogens is 2. The van der Waals surface area contributed by atoms with Crippen molar-refractivity contribution >= 4 is 5.91 Å². The molecular weight excluding hydrogens is 312 g/mol. The largest absolute Gasteiger partial charge is 0.357 e. The number of hydrogen-bond acceptors (Lipinski definition) is 2. The molecule has 1 fully saturated rings. The maximum Gasteiger partial charge on any atom is 0.270 e. The van der Waals surface area contributed by atoms with Crippen LogP contribution in [0.15, 0.2) is 54.9 Å². The number of aromatic amines is 2. The fourth-order valence-electron chi connectivity index (χ4n) is 3.64. The smallest absolute Gasteiger partial charge is 0.270 e. The van der Waals surface area contributed by atoms with E-state index in [1.54, 1.807) is 6.20 Å². The van der Waals surface area contributed by atoms with Crippen LogP contribution >= 0.6 is 0 Å². The lowest BCUT2D eigenvalue weighted by Gasteiger charge is -2.31. The van der Waals surface area contributed by atoms with E-state index >= 15 is 0 Å². The number of amides is 1. The third-order valence-electron chi connectivity index (χ3n) is 5.01. The van der Waals surface area contributed by atoms with E-state index in [0.717, 1.165) is 32.4 Å². The highest BCUT2D eigenvalue weighted by Gasteiger charge is 2.27. The van der Waals surface area contributed by atoms with E-state index in [1.807, 2.05) is 29.3 Å². The molecule has 0 aliphatic carbocycles. The molecule has 1 aromatic carbocycles. The zero-order chi connectivity index (χ0) is 17.1. The van der Waals surface area contributed by atoms with Crippen molar-refractivity contribution in [2.24, 2.45) is 0 Å². The molecule has 128 valence electrons. The fraction of sp³-hybridized carbons (Fsp3) is 0.300. The standard InChI is InChI=1S/C20H22N4O/c25-20(18-7-4-10-21-18)24-11-8-16(9-12-24)19-17(14-22-23-19)13-15-5-2-1-3-6-15/h1-7,10,14,16,21H,8-9,11-13H2,(H,22,23). The van der Waals surface area contributed by atoms with Crippen LogP contribution in [0.4, 0.5) is 0 Å². The molecule has 0 saturated carbocycles. The van der Waals surface area contributed by atoms with E-state index < -0.39 is 0 Å². The summed E-state index contributed by atoms with van der Waals surface area (Å²) in [5.41, 5.74) is 4.46. The number of carbonyl (C=O) groups is 1. The van der Waals surface area contributed by atoms with Crippen LogP contribution in [0.5, 0.6) is 0 Å². The summed E-state index contributed by atoms with van der Waals surface area (Å²) in [5.74, 6) is 0.534. The van der Waals surface area contributed by atoms with Gasteiger partial charge in [0.25, 0.3) is 5.91 Å². The van der Waals surface area contributed by atoms with Crippen LogP contribution in [0, 0.1) is 0 Å². The van der Waals surface area contributed by atoms with E-state index in [2.05, 4.69) is 39.4 Å². The van der Waals surface area contributed by atoms with Gasteiger partial charge < -0.3 is 9.88 Å². The monoisotopic (exact) mass is 334 g/mol. The highest BCUT2D eigenvalue weighted by Crippen LogP contribution is 2.30. The topological polar surface area (TPSA) is 64.8 Å². The van der Waals surface area contributed by atoms with Crippen molar-refractivity contribution in [1.82, 2.24) is 20.1 Å². The lowest BCUT2D eigenvalue weighted by atomic mass is 9.89. The lowest BCUT2D eigenvalue weighted by molar-refractivity contribution is 0.0706. The van der Waals surface area contributed by atoms with E-state index in [0.29, 0.717) is 11.6 Å². The summed E-state index contributed by atoms with van der Waals surface area (Å²) in [5, 5.41) is 7.49. The first kappa shape index (κ1) is 15.7. The average molecular weight is 334 g/mol. The van der Waals surface area contributed by atoms with Crippen LogP contribution in [0.2, 0.25) is 0 Å². The summed E-state index contributed by atoms with van der Waals surface area (Å²) in [6.07, 6.45) is 6.57. The number of hydrogen-bond donors (Lipinski definition) is 2. The molecule has 0 atom stereocenters. The predicted molar refractivity (Wildman–Crippen MR) is 96.5 cm³/mol. The first-order valence-corrected chi connectivity index (χ1v) is 8.80. The first-order chi connectivity index (χ1) is 12.3. The number of benzene rings is 1. The van der Waals surface area contributed by atoms with Crippen LogP contribution in [0.1, 0.15) is 46.1 Å². The minimum absolute atomic E-state index is 0.0950. The molecule has 25 heavy (non-hydrogen) atoms. The van der Waals surface area contributed by atoms with Crippen molar-refractivity contribution in [3.05, 3.63) is 77.4 Å². The van der Waals surface area contributed by atoms with Gasteiger partial charge in [-0.2, -0.15) is 5.10 Å². The van der Waals surface area contributed by atoms with Crippen LogP contribution < -0.4 is 0 Å². The summed E-state index contributed by atoms with van der Waals surface area (Å²) in [4.78, 5) is 17.4. The Balaban J connectivity index is 1.42. The van der Waals surface area contributed by atoms with E-state index in [1.165, 1.54) is 16.8 Å². The van der Waals surface area contributed by atoms with Crippen molar-refractivity contribution in [1.29, 1.82) is 0 Å². The molecule has 1 aliphatic heterocycles. The van der Waals surface area contributed by atoms with Crippen molar-refractivity contribution in [3.8, 4) is 0 Å². The maximum absolute atomic E-state index is 12.4. The van der Waals surface area contributed by atoms with Crippen LogP contribution in [0.25, 0.3) is 0 Å². The van der Waals surface area contributed by atoms with Crippen molar-refractivity contribution in [2.45, 2.75) is 25.2 Å². The van der Waals surface area contributed by atoms with Gasteiger partial charge in [0, 0.05) is 37.3 Å². The molecular formula is C20H22N4O. The van der Waals surface area contributed by atoms with Gasteiger partial charge >= 0.3 is 0 Å². The second kappa shape index (κ2) is 6.97. The summed E-state index contributed by atoms with van der Waals surface area (Å²) in [6, 6.07) is 14.2. The van der Waals surface area contributed by atoms with Gasteiger partial charge in [0.2, 0.25) is 0 Å². The highest BCUT2D eigenvalue weighted by molar-refractivity contribution is 5.92. The molecule has 1 amide bonds. The molecule has 0 unspecified atom stereocenters. The Labute approximate surface area is 147 Å². The minimum Gasteiger partial charge on any atom is -0.357 e. The fourth-order valence-corrected chi connectivity index (χ4v) is 3.64. The number of aromatic nitrogens is 3. The average Bonchev–Trinajstić information content (AvgIpc) is 3.34. The molecule has 5 heteroatoms. The molecule has 2 aromatic heterocycles. The van der Waals surface area contributed by atoms with Crippen LogP contribution in [-0.4, -0.2) is 39.1 Å². The number of carbonyl (C=O) groups excluding carboxylic acids is 1. The van der Waals surface area contributed by atoms with Crippen molar-refractivity contribution in [3.63, 3.8) is 0 Å². The molecule has 3 heterocycles. The molecule has 4 rings (SSSR count). The molecule has 5 nitrogen and oxygen atoms in total. The third-order valence-corrected chi connectivity index (χ3v) is 5.01. The van der Waals surface area contributed by atoms with Gasteiger partial charge in [0.05, 0.1) is 6.20 Å². The Kier molecular flexibility index (Phi) is 4.37. The molecule has 1 aliphatic rings. The van der Waals surface area contributed by atoms with Gasteiger partial charge in [-0.1, -0.05) is 30.3 Å². The normalized spacial score (nSPS) is 15.4. The molecule has 3 aromatic rings. The maximum atomic E-state index is 12.4.